The first-order chi connectivity index (χ1) is 11.2. The van der Waals surface area contributed by atoms with E-state index in [0.717, 1.165) is 23.2 Å². The molecular formula is C19H17Cl2NO. The molecule has 0 amide bonds. The second-order valence-corrected chi connectivity index (χ2v) is 7.06. The molecule has 23 heavy (non-hydrogen) atoms. The largest absolute Gasteiger partial charge is 0.392 e. The van der Waals surface area contributed by atoms with E-state index in [1.54, 1.807) is 0 Å². The number of aliphatic hydroxyl groups is 1. The van der Waals surface area contributed by atoms with Gasteiger partial charge in [0.05, 0.1) is 12.6 Å². The van der Waals surface area contributed by atoms with Gasteiger partial charge in [-0.2, -0.15) is 0 Å². The topological polar surface area (TPSA) is 32.3 Å². The molecule has 1 aliphatic carbocycles. The van der Waals surface area contributed by atoms with E-state index in [0.29, 0.717) is 21.9 Å². The summed E-state index contributed by atoms with van der Waals surface area (Å²) in [5.74, 6) is 0.782. The number of halogens is 2. The molecule has 0 fully saturated rings. The zero-order chi connectivity index (χ0) is 16.0. The van der Waals surface area contributed by atoms with Crippen LogP contribution in [0, 0.1) is 5.92 Å². The van der Waals surface area contributed by atoms with Crippen LogP contribution in [0.2, 0.25) is 10.0 Å². The van der Waals surface area contributed by atoms with E-state index in [4.69, 9.17) is 23.2 Å². The maximum absolute atomic E-state index is 9.40. The van der Waals surface area contributed by atoms with Crippen molar-refractivity contribution >= 4 is 28.9 Å². The Morgan fingerprint density at radius 3 is 2.74 bits per heavy atom. The highest BCUT2D eigenvalue weighted by Gasteiger charge is 2.38. The molecule has 118 valence electrons. The molecule has 0 unspecified atom stereocenters. The van der Waals surface area contributed by atoms with Crippen LogP contribution in [0.5, 0.6) is 0 Å². The number of nitrogens with one attached hydrogen (secondary N) is 1. The van der Waals surface area contributed by atoms with Crippen molar-refractivity contribution < 1.29 is 5.11 Å². The van der Waals surface area contributed by atoms with Crippen LogP contribution in [0.15, 0.2) is 48.6 Å². The monoisotopic (exact) mass is 345 g/mol. The quantitative estimate of drug-likeness (QED) is 0.722. The van der Waals surface area contributed by atoms with Crippen LogP contribution in [-0.4, -0.2) is 5.11 Å². The average Bonchev–Trinajstić information content (AvgIpc) is 3.04. The predicted octanol–water partition coefficient (Wildman–Crippen LogP) is 5.31. The summed E-state index contributed by atoms with van der Waals surface area (Å²) >= 11 is 12.5. The molecule has 3 atom stereocenters. The minimum Gasteiger partial charge on any atom is -0.392 e. The number of allylic oxidation sites excluding steroid dienone is 2. The molecule has 0 aromatic heterocycles. The molecule has 2 aliphatic rings. The second-order valence-electron chi connectivity index (χ2n) is 6.22. The van der Waals surface area contributed by atoms with Crippen molar-refractivity contribution in [2.45, 2.75) is 25.0 Å². The van der Waals surface area contributed by atoms with Crippen LogP contribution in [0.1, 0.15) is 35.1 Å². The molecule has 4 heteroatoms. The summed E-state index contributed by atoms with van der Waals surface area (Å²) < 4.78 is 0. The Hall–Kier alpha value is -1.48. The minimum atomic E-state index is 0.0703. The lowest BCUT2D eigenvalue weighted by atomic mass is 9.76. The van der Waals surface area contributed by atoms with E-state index >= 15 is 0 Å². The van der Waals surface area contributed by atoms with E-state index in [9.17, 15) is 5.11 Å². The molecule has 0 saturated carbocycles. The Morgan fingerprint density at radius 1 is 1.09 bits per heavy atom. The molecule has 2 aromatic carbocycles. The zero-order valence-electron chi connectivity index (χ0n) is 12.5. The molecule has 2 nitrogen and oxygen atoms in total. The first-order valence-corrected chi connectivity index (χ1v) is 8.55. The third kappa shape index (κ3) is 2.55. The smallest absolute Gasteiger partial charge is 0.0681 e. The number of fused-ring (bicyclic) bond motifs is 3. The standard InChI is InChI=1S/C19H17Cl2NO/c20-12-5-6-15(17(21)9-12)19-14-3-1-2-13(14)16-8-11(10-23)4-7-18(16)22-19/h1-2,4-9,13-14,19,22-23H,3,10H2/t13-,14+,19+/m1/s1. The summed E-state index contributed by atoms with van der Waals surface area (Å²) in [6.07, 6.45) is 5.54. The Morgan fingerprint density at radius 2 is 1.96 bits per heavy atom. The molecule has 1 aliphatic heterocycles. The van der Waals surface area contributed by atoms with Crippen molar-refractivity contribution in [2.24, 2.45) is 5.92 Å². The highest BCUT2D eigenvalue weighted by Crippen LogP contribution is 2.51. The molecule has 2 N–H and O–H groups in total. The Labute approximate surface area is 145 Å². The lowest BCUT2D eigenvalue weighted by Gasteiger charge is -2.38. The highest BCUT2D eigenvalue weighted by molar-refractivity contribution is 6.35. The van der Waals surface area contributed by atoms with Gasteiger partial charge in [0.25, 0.3) is 0 Å². The van der Waals surface area contributed by atoms with Crippen LogP contribution in [0.3, 0.4) is 0 Å². The van der Waals surface area contributed by atoms with Gasteiger partial charge in [0.15, 0.2) is 0 Å². The molecule has 0 spiro atoms. The zero-order valence-corrected chi connectivity index (χ0v) is 14.0. The molecule has 1 heterocycles. The summed E-state index contributed by atoms with van der Waals surface area (Å²) in [4.78, 5) is 0. The maximum atomic E-state index is 9.40. The predicted molar refractivity (Wildman–Crippen MR) is 95.2 cm³/mol. The van der Waals surface area contributed by atoms with Crippen molar-refractivity contribution in [3.05, 3.63) is 75.3 Å². The van der Waals surface area contributed by atoms with Crippen LogP contribution in [0.25, 0.3) is 0 Å². The number of benzene rings is 2. The van der Waals surface area contributed by atoms with Gasteiger partial charge >= 0.3 is 0 Å². The normalized spacial score (nSPS) is 24.9. The van der Waals surface area contributed by atoms with Gasteiger partial charge in [-0.05, 0) is 47.2 Å². The van der Waals surface area contributed by atoms with Gasteiger partial charge in [-0.25, -0.2) is 0 Å². The van der Waals surface area contributed by atoms with Crippen molar-refractivity contribution in [3.8, 4) is 0 Å². The summed E-state index contributed by atoms with van der Waals surface area (Å²) in [6.45, 7) is 0.0703. The Kier molecular flexibility index (Phi) is 3.84. The van der Waals surface area contributed by atoms with Crippen molar-refractivity contribution in [3.63, 3.8) is 0 Å². The third-order valence-corrected chi connectivity index (χ3v) is 5.47. The van der Waals surface area contributed by atoms with Gasteiger partial charge in [-0.1, -0.05) is 53.6 Å². The van der Waals surface area contributed by atoms with Gasteiger partial charge < -0.3 is 10.4 Å². The minimum absolute atomic E-state index is 0.0703. The summed E-state index contributed by atoms with van der Waals surface area (Å²) in [5, 5.41) is 14.4. The lowest BCUT2D eigenvalue weighted by molar-refractivity contribution is 0.281. The fraction of sp³-hybridized carbons (Fsp3) is 0.263. The van der Waals surface area contributed by atoms with E-state index < -0.39 is 0 Å². The van der Waals surface area contributed by atoms with Crippen LogP contribution in [-0.2, 0) is 6.61 Å². The first-order valence-electron chi connectivity index (χ1n) is 7.79. The summed E-state index contributed by atoms with van der Waals surface area (Å²) in [5.41, 5.74) is 4.42. The van der Waals surface area contributed by atoms with Crippen molar-refractivity contribution in [1.82, 2.24) is 0 Å². The number of hydrogen-bond donors (Lipinski definition) is 2. The fourth-order valence-electron chi connectivity index (χ4n) is 3.80. The fourth-order valence-corrected chi connectivity index (χ4v) is 4.33. The van der Waals surface area contributed by atoms with Gasteiger partial charge in [0.2, 0.25) is 0 Å². The number of hydrogen-bond acceptors (Lipinski definition) is 2. The molecular weight excluding hydrogens is 329 g/mol. The van der Waals surface area contributed by atoms with Gasteiger partial charge in [0.1, 0.15) is 0 Å². The molecule has 0 radical (unpaired) electrons. The summed E-state index contributed by atoms with van der Waals surface area (Å²) in [7, 11) is 0. The van der Waals surface area contributed by atoms with Crippen molar-refractivity contribution in [2.75, 3.05) is 5.32 Å². The Bertz CT molecular complexity index is 787. The highest BCUT2D eigenvalue weighted by atomic mass is 35.5. The second kappa shape index (κ2) is 5.86. The molecule has 0 saturated heterocycles. The molecule has 2 aromatic rings. The van der Waals surface area contributed by atoms with Crippen LogP contribution in [0.4, 0.5) is 5.69 Å². The SMILES string of the molecule is OCc1ccc2c(c1)[C@@H]1C=CC[C@@H]1[C@@H](c1ccc(Cl)cc1Cl)N2. The average molecular weight is 346 g/mol. The van der Waals surface area contributed by atoms with Gasteiger partial charge in [0, 0.05) is 21.7 Å². The van der Waals surface area contributed by atoms with E-state index in [2.05, 4.69) is 29.6 Å². The number of aliphatic hydroxyl groups excluding tert-OH is 1. The van der Waals surface area contributed by atoms with Gasteiger partial charge in [-0.3, -0.25) is 0 Å². The van der Waals surface area contributed by atoms with Crippen LogP contribution >= 0.6 is 23.2 Å². The van der Waals surface area contributed by atoms with E-state index in [1.807, 2.05) is 24.3 Å². The summed E-state index contributed by atoms with van der Waals surface area (Å²) in [6, 6.07) is 12.0. The van der Waals surface area contributed by atoms with E-state index in [-0.39, 0.29) is 12.6 Å². The molecule has 0 bridgehead atoms. The third-order valence-electron chi connectivity index (χ3n) is 4.91. The number of rotatable bonds is 2. The first kappa shape index (κ1) is 15.1. The molecule has 4 rings (SSSR count). The Balaban J connectivity index is 1.79. The number of anilines is 1. The van der Waals surface area contributed by atoms with Crippen molar-refractivity contribution in [1.29, 1.82) is 0 Å². The maximum Gasteiger partial charge on any atom is 0.0681 e. The van der Waals surface area contributed by atoms with Gasteiger partial charge in [-0.15, -0.1) is 0 Å². The lowest BCUT2D eigenvalue weighted by Crippen LogP contribution is -2.29. The van der Waals surface area contributed by atoms with Crippen LogP contribution < -0.4 is 5.32 Å². The van der Waals surface area contributed by atoms with E-state index in [1.165, 1.54) is 5.56 Å².